The maximum Gasteiger partial charge on any atom is 0.326 e. The Labute approximate surface area is 171 Å². The molecule has 1 aromatic carbocycles. The van der Waals surface area contributed by atoms with Gasteiger partial charge in [-0.15, -0.1) is 0 Å². The smallest absolute Gasteiger partial charge is 0.326 e. The second-order valence-electron chi connectivity index (χ2n) is 8.87. The Kier molecular flexibility index (Phi) is 4.42. The molecule has 0 spiro atoms. The van der Waals surface area contributed by atoms with Crippen LogP contribution in [-0.4, -0.2) is 47.6 Å². The van der Waals surface area contributed by atoms with E-state index in [9.17, 15) is 9.59 Å². The molecule has 6 rings (SSSR count). The van der Waals surface area contributed by atoms with Gasteiger partial charge in [-0.3, -0.25) is 14.3 Å². The number of carbonyl (C=O) groups is 2. The molecule has 2 saturated heterocycles. The zero-order valence-electron chi connectivity index (χ0n) is 17.4. The summed E-state index contributed by atoms with van der Waals surface area (Å²) in [6, 6.07) is 6.09. The standard InChI is InChI=1S/C23H29N3O3/c1-4-15-9-14-10-19-21(15)25(12-14)8-7-17-18-11-16(29-13(2)27)5-6-20(18)26(22(17)19)23(28)24-3/h5-6,11,14-15,19,21H,4,7-10,12H2,1-3H3,(H,24,28)/t14-,15+,19-,21+/m1/s1. The van der Waals surface area contributed by atoms with Crippen molar-refractivity contribution in [1.82, 2.24) is 14.8 Å². The highest BCUT2D eigenvalue weighted by Crippen LogP contribution is 2.52. The number of amides is 1. The lowest BCUT2D eigenvalue weighted by Gasteiger charge is -2.53. The SMILES string of the molecule is CC[C@H]1C[C@@H]2C[C@H]3c4c(c5cc(OC(C)=O)ccc5n4C(=O)NC)CCN(C2)[C@@H]13. The van der Waals surface area contributed by atoms with Crippen molar-refractivity contribution in [3.8, 4) is 5.75 Å². The maximum absolute atomic E-state index is 13.0. The van der Waals surface area contributed by atoms with Gasteiger partial charge in [-0.05, 0) is 54.9 Å². The number of fused-ring (bicyclic) bond motifs is 4. The fourth-order valence-electron chi connectivity index (χ4n) is 6.39. The summed E-state index contributed by atoms with van der Waals surface area (Å²) in [4.78, 5) is 27.2. The third-order valence-electron chi connectivity index (χ3n) is 7.32. The number of carbonyl (C=O) groups excluding carboxylic acids is 2. The molecule has 29 heavy (non-hydrogen) atoms. The molecule has 5 atom stereocenters. The normalized spacial score (nSPS) is 30.0. The number of piperidine rings is 2. The van der Waals surface area contributed by atoms with E-state index in [4.69, 9.17) is 4.74 Å². The largest absolute Gasteiger partial charge is 0.427 e. The Morgan fingerprint density at radius 2 is 2.10 bits per heavy atom. The van der Waals surface area contributed by atoms with Crippen molar-refractivity contribution < 1.29 is 14.3 Å². The van der Waals surface area contributed by atoms with Crippen LogP contribution in [0.25, 0.3) is 10.9 Å². The van der Waals surface area contributed by atoms with Gasteiger partial charge in [-0.2, -0.15) is 0 Å². The molecule has 3 fully saturated rings. The molecular formula is C23H29N3O3. The third-order valence-corrected chi connectivity index (χ3v) is 7.32. The van der Waals surface area contributed by atoms with E-state index in [0.717, 1.165) is 30.3 Å². The topological polar surface area (TPSA) is 63.6 Å². The highest BCUT2D eigenvalue weighted by molar-refractivity contribution is 5.96. The van der Waals surface area contributed by atoms with Gasteiger partial charge in [0.25, 0.3) is 0 Å². The molecule has 6 heteroatoms. The molecule has 1 saturated carbocycles. The van der Waals surface area contributed by atoms with Gasteiger partial charge < -0.3 is 10.1 Å². The number of hydrogen-bond donors (Lipinski definition) is 1. The van der Waals surface area contributed by atoms with Crippen LogP contribution in [0.2, 0.25) is 0 Å². The molecule has 1 amide bonds. The van der Waals surface area contributed by atoms with E-state index in [-0.39, 0.29) is 12.0 Å². The summed E-state index contributed by atoms with van der Waals surface area (Å²) >= 11 is 0. The van der Waals surface area contributed by atoms with Crippen LogP contribution in [0.5, 0.6) is 5.75 Å². The summed E-state index contributed by atoms with van der Waals surface area (Å²) in [6.07, 6.45) is 4.60. The molecule has 3 aliphatic heterocycles. The molecule has 1 N–H and O–H groups in total. The third kappa shape index (κ3) is 2.80. The van der Waals surface area contributed by atoms with Crippen molar-refractivity contribution in [3.05, 3.63) is 29.5 Å². The van der Waals surface area contributed by atoms with Crippen LogP contribution in [0.1, 0.15) is 50.3 Å². The van der Waals surface area contributed by atoms with Gasteiger partial charge in [0.15, 0.2) is 0 Å². The van der Waals surface area contributed by atoms with Crippen LogP contribution in [0.4, 0.5) is 4.79 Å². The average molecular weight is 396 g/mol. The number of nitrogens with zero attached hydrogens (tertiary/aromatic N) is 2. The Hall–Kier alpha value is -2.34. The summed E-state index contributed by atoms with van der Waals surface area (Å²) in [5.74, 6) is 2.01. The lowest BCUT2D eigenvalue weighted by atomic mass is 9.65. The Balaban J connectivity index is 1.73. The zero-order valence-corrected chi connectivity index (χ0v) is 17.4. The van der Waals surface area contributed by atoms with Gasteiger partial charge in [0, 0.05) is 50.1 Å². The number of aromatic nitrogens is 1. The molecule has 1 aliphatic carbocycles. The number of esters is 1. The Bertz CT molecular complexity index is 995. The molecule has 1 unspecified atom stereocenters. The van der Waals surface area contributed by atoms with Gasteiger partial charge >= 0.3 is 12.0 Å². The van der Waals surface area contributed by atoms with Crippen LogP contribution in [0, 0.1) is 11.8 Å². The molecule has 4 aliphatic rings. The van der Waals surface area contributed by atoms with Gasteiger partial charge in [-0.25, -0.2) is 4.79 Å². The first-order valence-corrected chi connectivity index (χ1v) is 10.8. The van der Waals surface area contributed by atoms with Gasteiger partial charge in [0.1, 0.15) is 5.75 Å². The Morgan fingerprint density at radius 3 is 2.83 bits per heavy atom. The van der Waals surface area contributed by atoms with Crippen molar-refractivity contribution in [2.75, 3.05) is 20.1 Å². The number of ether oxygens (including phenoxy) is 1. The fraction of sp³-hybridized carbons (Fsp3) is 0.565. The van der Waals surface area contributed by atoms with Crippen molar-refractivity contribution in [1.29, 1.82) is 0 Å². The molecule has 4 bridgehead atoms. The second-order valence-corrected chi connectivity index (χ2v) is 8.87. The van der Waals surface area contributed by atoms with Crippen LogP contribution in [-0.2, 0) is 11.2 Å². The number of nitrogens with one attached hydrogen (secondary N) is 1. The molecular weight excluding hydrogens is 366 g/mol. The molecule has 6 nitrogen and oxygen atoms in total. The molecule has 4 heterocycles. The van der Waals surface area contributed by atoms with Gasteiger partial charge in [-0.1, -0.05) is 13.3 Å². The van der Waals surface area contributed by atoms with E-state index in [1.54, 1.807) is 13.1 Å². The fourth-order valence-corrected chi connectivity index (χ4v) is 6.39. The van der Waals surface area contributed by atoms with Gasteiger partial charge in [0.05, 0.1) is 5.52 Å². The monoisotopic (exact) mass is 395 g/mol. The van der Waals surface area contributed by atoms with Crippen molar-refractivity contribution >= 4 is 22.9 Å². The number of hydrogen-bond acceptors (Lipinski definition) is 4. The molecule has 154 valence electrons. The highest BCUT2D eigenvalue weighted by atomic mass is 16.5. The van der Waals surface area contributed by atoms with E-state index in [0.29, 0.717) is 29.5 Å². The van der Waals surface area contributed by atoms with Crippen LogP contribution < -0.4 is 10.1 Å². The molecule has 0 radical (unpaired) electrons. The van der Waals surface area contributed by atoms with Crippen LogP contribution in [0.3, 0.4) is 0 Å². The summed E-state index contributed by atoms with van der Waals surface area (Å²) in [7, 11) is 1.69. The zero-order chi connectivity index (χ0) is 20.3. The lowest BCUT2D eigenvalue weighted by Crippen LogP contribution is -2.56. The quantitative estimate of drug-likeness (QED) is 0.624. The first kappa shape index (κ1) is 18.7. The minimum atomic E-state index is -0.328. The van der Waals surface area contributed by atoms with E-state index in [2.05, 4.69) is 17.1 Å². The summed E-state index contributed by atoms with van der Waals surface area (Å²) in [5.41, 5.74) is 3.36. The minimum absolute atomic E-state index is 0.0839. The minimum Gasteiger partial charge on any atom is -0.427 e. The van der Waals surface area contributed by atoms with Crippen LogP contribution in [0.15, 0.2) is 18.2 Å². The van der Waals surface area contributed by atoms with Crippen LogP contribution >= 0.6 is 0 Å². The van der Waals surface area contributed by atoms with E-state index in [1.807, 2.05) is 16.7 Å². The first-order valence-electron chi connectivity index (χ1n) is 10.8. The summed E-state index contributed by atoms with van der Waals surface area (Å²) in [5, 5.41) is 3.89. The lowest BCUT2D eigenvalue weighted by molar-refractivity contribution is -0.131. The number of rotatable bonds is 2. The van der Waals surface area contributed by atoms with Crippen molar-refractivity contribution in [2.45, 2.75) is 51.5 Å². The predicted octanol–water partition coefficient (Wildman–Crippen LogP) is 3.51. The van der Waals surface area contributed by atoms with E-state index in [1.165, 1.54) is 37.6 Å². The number of benzene rings is 1. The molecule has 2 aromatic rings. The Morgan fingerprint density at radius 1 is 1.28 bits per heavy atom. The van der Waals surface area contributed by atoms with Crippen molar-refractivity contribution in [3.63, 3.8) is 0 Å². The highest BCUT2D eigenvalue weighted by Gasteiger charge is 2.49. The van der Waals surface area contributed by atoms with Gasteiger partial charge in [0.2, 0.25) is 0 Å². The average Bonchev–Trinajstić information content (AvgIpc) is 2.98. The first-order chi connectivity index (χ1) is 14.0. The predicted molar refractivity (Wildman–Crippen MR) is 111 cm³/mol. The van der Waals surface area contributed by atoms with E-state index < -0.39 is 0 Å². The van der Waals surface area contributed by atoms with E-state index >= 15 is 0 Å². The second kappa shape index (κ2) is 6.87. The summed E-state index contributed by atoms with van der Waals surface area (Å²) < 4.78 is 7.26. The molecule has 1 aromatic heterocycles. The maximum atomic E-state index is 13.0. The summed E-state index contributed by atoms with van der Waals surface area (Å²) in [6.45, 7) is 5.95. The van der Waals surface area contributed by atoms with Crippen molar-refractivity contribution in [2.24, 2.45) is 11.8 Å².